The molecule has 1 fully saturated rings. The van der Waals surface area contributed by atoms with Gasteiger partial charge in [-0.2, -0.15) is 10.1 Å². The standard InChI is InChI=1S/C28H32N6O3S/c1-19-8-10-22(11-9-19)16-34-13-12-23(17-34)37-26-14-25(27-20(2)6-5-7-21(27)3)30-28(31-26)32-38(35,36)24-15-29-33(4)18-24/h5-11,14-15,18,23H,12-13,16-17H2,1-4H3,(H,30,31,32). The number of nitrogens with zero attached hydrogens (tertiary/aromatic N) is 5. The molecule has 0 aliphatic carbocycles. The van der Waals surface area contributed by atoms with Crippen LogP contribution in [0.3, 0.4) is 0 Å². The van der Waals surface area contributed by atoms with Crippen LogP contribution in [0.5, 0.6) is 5.88 Å². The highest BCUT2D eigenvalue weighted by Gasteiger charge is 2.26. The van der Waals surface area contributed by atoms with Crippen molar-refractivity contribution in [1.82, 2.24) is 24.6 Å². The number of benzene rings is 2. The van der Waals surface area contributed by atoms with E-state index in [9.17, 15) is 8.42 Å². The minimum atomic E-state index is -3.92. The molecule has 2 aromatic heterocycles. The van der Waals surface area contributed by atoms with E-state index in [1.54, 1.807) is 13.1 Å². The van der Waals surface area contributed by atoms with Crippen molar-refractivity contribution in [2.45, 2.75) is 44.7 Å². The molecule has 198 valence electrons. The second-order valence-electron chi connectivity index (χ2n) is 9.89. The van der Waals surface area contributed by atoms with Gasteiger partial charge in [0.05, 0.1) is 11.9 Å². The highest BCUT2D eigenvalue weighted by atomic mass is 32.2. The van der Waals surface area contributed by atoms with Crippen LogP contribution in [0.25, 0.3) is 11.3 Å². The van der Waals surface area contributed by atoms with Gasteiger partial charge < -0.3 is 4.74 Å². The van der Waals surface area contributed by atoms with Crippen LogP contribution < -0.4 is 9.46 Å². The number of anilines is 1. The highest BCUT2D eigenvalue weighted by molar-refractivity contribution is 7.92. The molecule has 1 N–H and O–H groups in total. The number of rotatable bonds is 8. The number of sulfonamides is 1. The number of ether oxygens (including phenoxy) is 1. The Balaban J connectivity index is 1.41. The van der Waals surface area contributed by atoms with Crippen molar-refractivity contribution in [2.75, 3.05) is 17.8 Å². The fourth-order valence-corrected chi connectivity index (χ4v) is 5.68. The van der Waals surface area contributed by atoms with E-state index in [1.807, 2.05) is 32.0 Å². The zero-order valence-electron chi connectivity index (χ0n) is 22.0. The smallest absolute Gasteiger partial charge is 0.267 e. The lowest BCUT2D eigenvalue weighted by Gasteiger charge is -2.18. The average Bonchev–Trinajstić information content (AvgIpc) is 3.49. The van der Waals surface area contributed by atoms with Gasteiger partial charge in [-0.25, -0.2) is 18.1 Å². The van der Waals surface area contributed by atoms with Gasteiger partial charge in [0.2, 0.25) is 11.8 Å². The molecule has 1 aliphatic heterocycles. The van der Waals surface area contributed by atoms with Crippen molar-refractivity contribution in [3.05, 3.63) is 83.2 Å². The van der Waals surface area contributed by atoms with E-state index in [2.05, 4.69) is 55.9 Å². The van der Waals surface area contributed by atoms with Gasteiger partial charge in [0.1, 0.15) is 11.0 Å². The highest BCUT2D eigenvalue weighted by Crippen LogP contribution is 2.30. The lowest BCUT2D eigenvalue weighted by atomic mass is 10.00. The maximum absolute atomic E-state index is 13.0. The summed E-state index contributed by atoms with van der Waals surface area (Å²) in [7, 11) is -2.26. The zero-order chi connectivity index (χ0) is 26.9. The topological polar surface area (TPSA) is 102 Å². The van der Waals surface area contributed by atoms with E-state index in [0.717, 1.165) is 42.7 Å². The minimum Gasteiger partial charge on any atom is -0.473 e. The van der Waals surface area contributed by atoms with E-state index < -0.39 is 10.0 Å². The summed E-state index contributed by atoms with van der Waals surface area (Å²) in [6.45, 7) is 8.62. The van der Waals surface area contributed by atoms with E-state index in [-0.39, 0.29) is 16.9 Å². The molecule has 1 atom stereocenters. The Morgan fingerprint density at radius 2 is 1.79 bits per heavy atom. The zero-order valence-corrected chi connectivity index (χ0v) is 22.9. The van der Waals surface area contributed by atoms with Crippen LogP contribution in [-0.4, -0.2) is 52.3 Å². The molecule has 3 heterocycles. The molecule has 0 radical (unpaired) electrons. The van der Waals surface area contributed by atoms with Crippen LogP contribution in [0, 0.1) is 20.8 Å². The molecule has 9 nitrogen and oxygen atoms in total. The van der Waals surface area contributed by atoms with Crippen molar-refractivity contribution in [2.24, 2.45) is 7.05 Å². The summed E-state index contributed by atoms with van der Waals surface area (Å²) in [5.41, 5.74) is 6.09. The first-order valence-corrected chi connectivity index (χ1v) is 14.1. The van der Waals surface area contributed by atoms with Crippen molar-refractivity contribution in [3.63, 3.8) is 0 Å². The van der Waals surface area contributed by atoms with Crippen molar-refractivity contribution in [1.29, 1.82) is 0 Å². The maximum Gasteiger partial charge on any atom is 0.267 e. The summed E-state index contributed by atoms with van der Waals surface area (Å²) < 4.78 is 36.3. The van der Waals surface area contributed by atoms with Crippen molar-refractivity contribution in [3.8, 4) is 17.1 Å². The summed E-state index contributed by atoms with van der Waals surface area (Å²) in [6, 6.07) is 16.4. The van der Waals surface area contributed by atoms with Gasteiger partial charge in [-0.3, -0.25) is 9.58 Å². The monoisotopic (exact) mass is 532 g/mol. The molecule has 10 heteroatoms. The summed E-state index contributed by atoms with van der Waals surface area (Å²) >= 11 is 0. The number of aryl methyl sites for hydroxylation is 4. The SMILES string of the molecule is Cc1ccc(CN2CCC(Oc3cc(-c4c(C)cccc4C)nc(NS(=O)(=O)c4cnn(C)c4)n3)C2)cc1. The maximum atomic E-state index is 13.0. The molecule has 0 bridgehead atoms. The molecule has 1 saturated heterocycles. The molecule has 1 aliphatic rings. The van der Waals surface area contributed by atoms with Crippen LogP contribution in [0.15, 0.2) is 65.8 Å². The Labute approximate surface area is 223 Å². The number of aromatic nitrogens is 4. The number of hydrogen-bond donors (Lipinski definition) is 1. The molecule has 38 heavy (non-hydrogen) atoms. The summed E-state index contributed by atoms with van der Waals surface area (Å²) in [6.07, 6.45) is 3.50. The first-order valence-electron chi connectivity index (χ1n) is 12.6. The molecule has 2 aromatic carbocycles. The first kappa shape index (κ1) is 25.9. The van der Waals surface area contributed by atoms with E-state index in [0.29, 0.717) is 11.6 Å². The molecule has 0 saturated carbocycles. The van der Waals surface area contributed by atoms with Gasteiger partial charge in [0.25, 0.3) is 10.0 Å². The van der Waals surface area contributed by atoms with Gasteiger partial charge >= 0.3 is 0 Å². The number of likely N-dealkylation sites (tertiary alicyclic amines) is 1. The third kappa shape index (κ3) is 5.87. The molecular weight excluding hydrogens is 500 g/mol. The largest absolute Gasteiger partial charge is 0.473 e. The molecule has 4 aromatic rings. The van der Waals surface area contributed by atoms with Crippen molar-refractivity contribution < 1.29 is 13.2 Å². The van der Waals surface area contributed by atoms with E-state index in [4.69, 9.17) is 4.74 Å². The molecule has 0 amide bonds. The summed E-state index contributed by atoms with van der Waals surface area (Å²) in [4.78, 5) is 11.4. The molecule has 5 rings (SSSR count). The van der Waals surface area contributed by atoms with Gasteiger partial charge in [0.15, 0.2) is 0 Å². The lowest BCUT2D eigenvalue weighted by Crippen LogP contribution is -2.25. The quantitative estimate of drug-likeness (QED) is 0.362. The fourth-order valence-electron chi connectivity index (χ4n) is 4.75. The second kappa shape index (κ2) is 10.5. The minimum absolute atomic E-state index is 0.0334. The number of nitrogens with one attached hydrogen (secondary N) is 1. The Hall–Kier alpha value is -3.76. The molecular formula is C28H32N6O3S. The predicted octanol–water partition coefficient (Wildman–Crippen LogP) is 4.26. The average molecular weight is 533 g/mol. The van der Waals surface area contributed by atoms with E-state index >= 15 is 0 Å². The van der Waals surface area contributed by atoms with Gasteiger partial charge in [-0.05, 0) is 43.9 Å². The fraction of sp³-hybridized carbons (Fsp3) is 0.321. The predicted molar refractivity (Wildman–Crippen MR) is 146 cm³/mol. The van der Waals surface area contributed by atoms with Crippen molar-refractivity contribution >= 4 is 16.0 Å². The summed E-state index contributed by atoms with van der Waals surface area (Å²) in [5.74, 6) is 0.294. The van der Waals surface area contributed by atoms with Crippen LogP contribution >= 0.6 is 0 Å². The summed E-state index contributed by atoms with van der Waals surface area (Å²) in [5, 5.41) is 3.97. The Morgan fingerprint density at radius 1 is 1.05 bits per heavy atom. The third-order valence-electron chi connectivity index (χ3n) is 6.70. The Morgan fingerprint density at radius 3 is 2.47 bits per heavy atom. The third-order valence-corrected chi connectivity index (χ3v) is 7.98. The Kier molecular flexibility index (Phi) is 7.18. The molecule has 1 unspecified atom stereocenters. The van der Waals surface area contributed by atoms with E-state index in [1.165, 1.54) is 28.2 Å². The number of hydrogen-bond acceptors (Lipinski definition) is 7. The lowest BCUT2D eigenvalue weighted by molar-refractivity contribution is 0.191. The van der Waals surface area contributed by atoms with Gasteiger partial charge in [0, 0.05) is 44.5 Å². The van der Waals surface area contributed by atoms with Gasteiger partial charge in [-0.1, -0.05) is 48.0 Å². The van der Waals surface area contributed by atoms with Crippen LogP contribution in [0.1, 0.15) is 28.7 Å². The van der Waals surface area contributed by atoms with Crippen LogP contribution in [0.2, 0.25) is 0 Å². The molecule has 0 spiro atoms. The van der Waals surface area contributed by atoms with Crippen LogP contribution in [-0.2, 0) is 23.6 Å². The second-order valence-corrected chi connectivity index (χ2v) is 11.6. The normalized spacial score (nSPS) is 16.1. The van der Waals surface area contributed by atoms with Gasteiger partial charge in [-0.15, -0.1) is 0 Å². The first-order chi connectivity index (χ1) is 18.2. The Bertz CT molecular complexity index is 1530. The van der Waals surface area contributed by atoms with Crippen LogP contribution in [0.4, 0.5) is 5.95 Å².